The molecule has 1 aromatic rings. The molecule has 2 rings (SSSR count). The Labute approximate surface area is 108 Å². The molecule has 0 saturated carbocycles. The maximum atomic E-state index is 11.7. The fourth-order valence-electron chi connectivity index (χ4n) is 1.84. The van der Waals surface area contributed by atoms with Gasteiger partial charge in [-0.2, -0.15) is 0 Å². The quantitative estimate of drug-likeness (QED) is 0.688. The van der Waals surface area contributed by atoms with Crippen LogP contribution in [-0.2, 0) is 4.79 Å². The molecular weight excluding hydrogens is 282 g/mol. The van der Waals surface area contributed by atoms with E-state index in [4.69, 9.17) is 0 Å². The SMILES string of the molecule is Cc1ccc2c(c1C=CCCBr)C(=O)C(=O)N2. The molecule has 1 heterocycles. The van der Waals surface area contributed by atoms with E-state index in [2.05, 4.69) is 21.2 Å². The minimum atomic E-state index is -0.541. The van der Waals surface area contributed by atoms with E-state index in [0.717, 1.165) is 22.9 Å². The standard InChI is InChI=1S/C13H12BrNO2/c1-8-5-6-10-11(12(16)13(17)15-10)9(8)4-2-3-7-14/h2,4-6H,3,7H2,1H3,(H,15,16,17). The first-order chi connectivity index (χ1) is 8.15. The van der Waals surface area contributed by atoms with E-state index < -0.39 is 11.7 Å². The Morgan fingerprint density at radius 3 is 2.82 bits per heavy atom. The summed E-state index contributed by atoms with van der Waals surface area (Å²) in [6, 6.07) is 3.68. The summed E-state index contributed by atoms with van der Waals surface area (Å²) in [5.41, 5.74) is 2.95. The first-order valence-corrected chi connectivity index (χ1v) is 6.49. The second-order valence-electron chi connectivity index (χ2n) is 3.88. The lowest BCUT2D eigenvalue weighted by Crippen LogP contribution is -2.13. The second-order valence-corrected chi connectivity index (χ2v) is 4.67. The van der Waals surface area contributed by atoms with Crippen LogP contribution in [0.3, 0.4) is 0 Å². The third kappa shape index (κ3) is 2.17. The summed E-state index contributed by atoms with van der Waals surface area (Å²) in [4.78, 5) is 23.1. The fraction of sp³-hybridized carbons (Fsp3) is 0.231. The number of halogens is 1. The number of aryl methyl sites for hydroxylation is 1. The van der Waals surface area contributed by atoms with Crippen molar-refractivity contribution in [1.29, 1.82) is 0 Å². The molecule has 0 spiro atoms. The van der Waals surface area contributed by atoms with Gasteiger partial charge >= 0.3 is 0 Å². The van der Waals surface area contributed by atoms with Crippen LogP contribution in [0.25, 0.3) is 6.08 Å². The lowest BCUT2D eigenvalue weighted by molar-refractivity contribution is -0.112. The van der Waals surface area contributed by atoms with E-state index >= 15 is 0 Å². The van der Waals surface area contributed by atoms with Crippen molar-refractivity contribution in [2.45, 2.75) is 13.3 Å². The van der Waals surface area contributed by atoms with Crippen molar-refractivity contribution in [3.05, 3.63) is 34.9 Å². The number of hydrogen-bond acceptors (Lipinski definition) is 2. The summed E-state index contributed by atoms with van der Waals surface area (Å²) in [5, 5.41) is 3.45. The lowest BCUT2D eigenvalue weighted by Gasteiger charge is -2.05. The minimum Gasteiger partial charge on any atom is -0.318 e. The van der Waals surface area contributed by atoms with Crippen LogP contribution in [0.2, 0.25) is 0 Å². The number of nitrogens with one attached hydrogen (secondary N) is 1. The molecule has 1 aromatic carbocycles. The third-order valence-corrected chi connectivity index (χ3v) is 3.16. The van der Waals surface area contributed by atoms with Gasteiger partial charge < -0.3 is 5.32 Å². The van der Waals surface area contributed by atoms with Crippen molar-refractivity contribution < 1.29 is 9.59 Å². The van der Waals surface area contributed by atoms with E-state index in [1.807, 2.05) is 25.1 Å². The molecule has 17 heavy (non-hydrogen) atoms. The van der Waals surface area contributed by atoms with E-state index in [0.29, 0.717) is 11.3 Å². The average molecular weight is 294 g/mol. The van der Waals surface area contributed by atoms with E-state index in [-0.39, 0.29) is 0 Å². The average Bonchev–Trinajstić information content (AvgIpc) is 2.59. The molecule has 1 amide bonds. The van der Waals surface area contributed by atoms with Crippen LogP contribution < -0.4 is 5.32 Å². The highest BCUT2D eigenvalue weighted by Gasteiger charge is 2.30. The van der Waals surface area contributed by atoms with E-state index in [1.54, 1.807) is 6.07 Å². The first kappa shape index (κ1) is 12.0. The van der Waals surface area contributed by atoms with Gasteiger partial charge in [-0.25, -0.2) is 0 Å². The number of hydrogen-bond donors (Lipinski definition) is 1. The number of rotatable bonds is 3. The molecule has 0 aromatic heterocycles. The second kappa shape index (κ2) is 4.84. The summed E-state index contributed by atoms with van der Waals surface area (Å²) in [7, 11) is 0. The molecule has 0 saturated heterocycles. The number of amides is 1. The summed E-state index contributed by atoms with van der Waals surface area (Å²) in [5.74, 6) is -0.983. The van der Waals surface area contributed by atoms with Crippen LogP contribution in [0.5, 0.6) is 0 Å². The highest BCUT2D eigenvalue weighted by molar-refractivity contribution is 9.09. The summed E-state index contributed by atoms with van der Waals surface area (Å²) >= 11 is 3.34. The molecule has 0 bridgehead atoms. The predicted molar refractivity (Wildman–Crippen MR) is 71.6 cm³/mol. The number of Topliss-reactive ketones (excluding diaryl/α,β-unsaturated/α-hetero) is 1. The van der Waals surface area contributed by atoms with Crippen molar-refractivity contribution >= 4 is 39.4 Å². The van der Waals surface area contributed by atoms with Gasteiger partial charge in [0.2, 0.25) is 0 Å². The van der Waals surface area contributed by atoms with Crippen LogP contribution in [0.1, 0.15) is 27.9 Å². The third-order valence-electron chi connectivity index (χ3n) is 2.71. The highest BCUT2D eigenvalue weighted by Crippen LogP contribution is 2.29. The largest absolute Gasteiger partial charge is 0.318 e. The Bertz CT molecular complexity index is 520. The lowest BCUT2D eigenvalue weighted by atomic mass is 9.98. The summed E-state index contributed by atoms with van der Waals surface area (Å²) < 4.78 is 0. The van der Waals surface area contributed by atoms with Crippen molar-refractivity contribution in [3.8, 4) is 0 Å². The molecule has 0 fully saturated rings. The topological polar surface area (TPSA) is 46.2 Å². The van der Waals surface area contributed by atoms with Crippen LogP contribution >= 0.6 is 15.9 Å². The molecule has 1 aliphatic heterocycles. The van der Waals surface area contributed by atoms with Gasteiger partial charge in [0.1, 0.15) is 0 Å². The van der Waals surface area contributed by atoms with Crippen LogP contribution in [-0.4, -0.2) is 17.0 Å². The van der Waals surface area contributed by atoms with Crippen molar-refractivity contribution in [1.82, 2.24) is 0 Å². The van der Waals surface area contributed by atoms with Crippen molar-refractivity contribution in [2.24, 2.45) is 0 Å². The fourth-order valence-corrected chi connectivity index (χ4v) is 2.11. The zero-order chi connectivity index (χ0) is 12.4. The number of anilines is 1. The van der Waals surface area contributed by atoms with E-state index in [1.165, 1.54) is 0 Å². The number of alkyl halides is 1. The monoisotopic (exact) mass is 293 g/mol. The molecule has 0 aliphatic carbocycles. The summed E-state index contributed by atoms with van der Waals surface area (Å²) in [6.45, 7) is 1.93. The smallest absolute Gasteiger partial charge is 0.296 e. The van der Waals surface area contributed by atoms with Gasteiger partial charge in [0.15, 0.2) is 0 Å². The Balaban J connectivity index is 2.49. The normalized spacial score (nSPS) is 14.2. The number of allylic oxidation sites excluding steroid dienone is 1. The number of fused-ring (bicyclic) bond motifs is 1. The van der Waals surface area contributed by atoms with E-state index in [9.17, 15) is 9.59 Å². The molecule has 3 nitrogen and oxygen atoms in total. The van der Waals surface area contributed by atoms with Crippen LogP contribution in [0, 0.1) is 6.92 Å². The Hall–Kier alpha value is -1.42. The Kier molecular flexibility index (Phi) is 3.43. The number of ketones is 1. The van der Waals surface area contributed by atoms with Gasteiger partial charge in [-0.05, 0) is 30.5 Å². The van der Waals surface area contributed by atoms with Gasteiger partial charge in [0, 0.05) is 5.33 Å². The summed E-state index contributed by atoms with van der Waals surface area (Å²) in [6.07, 6.45) is 4.79. The first-order valence-electron chi connectivity index (χ1n) is 5.37. The molecule has 1 N–H and O–H groups in total. The highest BCUT2D eigenvalue weighted by atomic mass is 79.9. The zero-order valence-electron chi connectivity index (χ0n) is 9.42. The molecule has 0 radical (unpaired) electrons. The number of benzene rings is 1. The molecule has 4 heteroatoms. The Morgan fingerprint density at radius 1 is 1.35 bits per heavy atom. The Morgan fingerprint density at radius 2 is 2.12 bits per heavy atom. The predicted octanol–water partition coefficient (Wildman–Crippen LogP) is 2.93. The van der Waals surface area contributed by atoms with Gasteiger partial charge in [0.05, 0.1) is 11.3 Å². The number of carbonyl (C=O) groups is 2. The van der Waals surface area contributed by atoms with Gasteiger partial charge in [-0.3, -0.25) is 9.59 Å². The molecule has 1 aliphatic rings. The maximum Gasteiger partial charge on any atom is 0.296 e. The van der Waals surface area contributed by atoms with Crippen LogP contribution in [0.15, 0.2) is 18.2 Å². The van der Waals surface area contributed by atoms with Gasteiger partial charge in [-0.1, -0.05) is 34.1 Å². The number of carbonyl (C=O) groups excluding carboxylic acids is 2. The van der Waals surface area contributed by atoms with Gasteiger partial charge in [0.25, 0.3) is 11.7 Å². The molecule has 0 unspecified atom stereocenters. The van der Waals surface area contributed by atoms with Gasteiger partial charge in [-0.15, -0.1) is 0 Å². The van der Waals surface area contributed by atoms with Crippen molar-refractivity contribution in [3.63, 3.8) is 0 Å². The molecular formula is C13H12BrNO2. The molecule has 88 valence electrons. The minimum absolute atomic E-state index is 0.442. The molecule has 0 atom stereocenters. The maximum absolute atomic E-state index is 11.7. The van der Waals surface area contributed by atoms with Crippen LogP contribution in [0.4, 0.5) is 5.69 Å². The zero-order valence-corrected chi connectivity index (χ0v) is 11.0. The van der Waals surface area contributed by atoms with Crippen molar-refractivity contribution in [2.75, 3.05) is 10.6 Å².